The number of nitrogens with zero attached hydrogens (tertiary/aromatic N) is 1. The molecule has 1 aliphatic rings. The molecule has 0 aromatic rings. The van der Waals surface area contributed by atoms with Gasteiger partial charge in [-0.2, -0.15) is 0 Å². The highest BCUT2D eigenvalue weighted by Crippen LogP contribution is 2.17. The first kappa shape index (κ1) is 14.0. The van der Waals surface area contributed by atoms with Crippen LogP contribution in [-0.4, -0.2) is 18.5 Å². The molecular weight excluding hydrogens is 312 g/mol. The zero-order valence-electron chi connectivity index (χ0n) is 8.13. The van der Waals surface area contributed by atoms with Crippen LogP contribution in [0.4, 0.5) is 0 Å². The minimum atomic E-state index is 0. The summed E-state index contributed by atoms with van der Waals surface area (Å²) in [6.07, 6.45) is 4.95. The van der Waals surface area contributed by atoms with Crippen molar-refractivity contribution in [3.05, 3.63) is 11.6 Å². The van der Waals surface area contributed by atoms with E-state index in [1.807, 2.05) is 0 Å². The molecule has 1 rings (SSSR count). The van der Waals surface area contributed by atoms with Crippen molar-refractivity contribution < 1.29 is 0 Å². The van der Waals surface area contributed by atoms with E-state index in [-0.39, 0.29) is 24.0 Å². The number of rotatable bonds is 3. The van der Waals surface area contributed by atoms with Crippen LogP contribution in [0.15, 0.2) is 16.6 Å². The molecule has 0 unspecified atom stereocenters. The van der Waals surface area contributed by atoms with E-state index < -0.39 is 0 Å². The van der Waals surface area contributed by atoms with Crippen LogP contribution in [0, 0.1) is 0 Å². The summed E-state index contributed by atoms with van der Waals surface area (Å²) >= 11 is 5.55. The Kier molecular flexibility index (Phi) is 7.35. The molecular formula is C9H17ClIN3. The van der Waals surface area contributed by atoms with Gasteiger partial charge < -0.3 is 11.1 Å². The number of halogens is 2. The minimum absolute atomic E-state index is 0. The molecule has 0 atom stereocenters. The lowest BCUT2D eigenvalue weighted by Gasteiger charge is -2.11. The van der Waals surface area contributed by atoms with Gasteiger partial charge in [0, 0.05) is 11.1 Å². The van der Waals surface area contributed by atoms with Gasteiger partial charge in [-0.05, 0) is 12.8 Å². The number of nitrogens with one attached hydrogen (secondary N) is 1. The summed E-state index contributed by atoms with van der Waals surface area (Å²) in [5.74, 6) is 0.480. The standard InChI is InChI=1S/C9H16ClN3.HI/c1-7(10)6-12-9(11)13-8-4-2-3-5-8;/h8H,1-6H2,(H3,11,12,13);1H. The zero-order valence-corrected chi connectivity index (χ0v) is 11.2. The van der Waals surface area contributed by atoms with Gasteiger partial charge >= 0.3 is 0 Å². The molecule has 1 saturated carbocycles. The normalized spacial score (nSPS) is 17.6. The number of guanidine groups is 1. The summed E-state index contributed by atoms with van der Waals surface area (Å²) in [5.41, 5.74) is 5.64. The molecule has 0 spiro atoms. The lowest BCUT2D eigenvalue weighted by atomic mass is 10.2. The first-order valence-electron chi connectivity index (χ1n) is 4.58. The summed E-state index contributed by atoms with van der Waals surface area (Å²) in [7, 11) is 0. The SMILES string of the molecule is C=C(Cl)CN=C(N)NC1CCCC1.I. The second kappa shape index (κ2) is 7.34. The smallest absolute Gasteiger partial charge is 0.189 e. The van der Waals surface area contributed by atoms with Gasteiger partial charge in [0.25, 0.3) is 0 Å². The third-order valence-electron chi connectivity index (χ3n) is 2.13. The van der Waals surface area contributed by atoms with E-state index in [0.717, 1.165) is 0 Å². The second-order valence-electron chi connectivity index (χ2n) is 3.34. The predicted octanol–water partition coefficient (Wildman–Crippen LogP) is 2.20. The van der Waals surface area contributed by atoms with Crippen molar-refractivity contribution in [2.45, 2.75) is 31.7 Å². The quantitative estimate of drug-likeness (QED) is 0.474. The third kappa shape index (κ3) is 5.70. The van der Waals surface area contributed by atoms with E-state index in [4.69, 9.17) is 17.3 Å². The molecule has 0 amide bonds. The molecule has 82 valence electrons. The van der Waals surface area contributed by atoms with Gasteiger partial charge in [-0.25, -0.2) is 4.99 Å². The van der Waals surface area contributed by atoms with Crippen molar-refractivity contribution in [1.82, 2.24) is 5.32 Å². The predicted molar refractivity (Wildman–Crippen MR) is 72.3 cm³/mol. The second-order valence-corrected chi connectivity index (χ2v) is 3.88. The first-order valence-corrected chi connectivity index (χ1v) is 4.96. The number of hydrogen-bond acceptors (Lipinski definition) is 1. The van der Waals surface area contributed by atoms with Gasteiger partial charge in [0.05, 0.1) is 6.54 Å². The Morgan fingerprint density at radius 1 is 1.50 bits per heavy atom. The summed E-state index contributed by atoms with van der Waals surface area (Å²) in [4.78, 5) is 4.04. The number of nitrogens with two attached hydrogens (primary N) is 1. The third-order valence-corrected chi connectivity index (χ3v) is 2.25. The fourth-order valence-electron chi connectivity index (χ4n) is 1.50. The van der Waals surface area contributed by atoms with Crippen LogP contribution < -0.4 is 11.1 Å². The monoisotopic (exact) mass is 329 g/mol. The van der Waals surface area contributed by atoms with Crippen LogP contribution in [0.1, 0.15) is 25.7 Å². The van der Waals surface area contributed by atoms with Gasteiger partial charge in [-0.3, -0.25) is 0 Å². The molecule has 0 radical (unpaired) electrons. The number of aliphatic imine (C=N–C) groups is 1. The van der Waals surface area contributed by atoms with E-state index in [1.54, 1.807) is 0 Å². The Labute approximate surface area is 107 Å². The van der Waals surface area contributed by atoms with Crippen LogP contribution in [0.25, 0.3) is 0 Å². The lowest BCUT2D eigenvalue weighted by Crippen LogP contribution is -2.38. The van der Waals surface area contributed by atoms with Crippen LogP contribution >= 0.6 is 35.6 Å². The van der Waals surface area contributed by atoms with Crippen molar-refractivity contribution in [1.29, 1.82) is 0 Å². The molecule has 0 heterocycles. The molecule has 0 aromatic heterocycles. The Bertz CT molecular complexity index is 212. The molecule has 5 heteroatoms. The van der Waals surface area contributed by atoms with Crippen LogP contribution in [0.3, 0.4) is 0 Å². The highest BCUT2D eigenvalue weighted by atomic mass is 127. The van der Waals surface area contributed by atoms with Crippen molar-refractivity contribution in [3.8, 4) is 0 Å². The summed E-state index contributed by atoms with van der Waals surface area (Å²) < 4.78 is 0. The molecule has 14 heavy (non-hydrogen) atoms. The van der Waals surface area contributed by atoms with Crippen LogP contribution in [-0.2, 0) is 0 Å². The fraction of sp³-hybridized carbons (Fsp3) is 0.667. The maximum absolute atomic E-state index is 5.64. The molecule has 0 aromatic carbocycles. The molecule has 0 saturated heterocycles. The van der Waals surface area contributed by atoms with Crippen LogP contribution in [0.5, 0.6) is 0 Å². The molecule has 0 aliphatic heterocycles. The van der Waals surface area contributed by atoms with Gasteiger partial charge in [0.15, 0.2) is 5.96 Å². The Hall–Kier alpha value is 0.0300. The molecule has 3 N–H and O–H groups in total. The largest absolute Gasteiger partial charge is 0.370 e. The Balaban J connectivity index is 0.00000169. The van der Waals surface area contributed by atoms with Crippen molar-refractivity contribution in [2.75, 3.05) is 6.54 Å². The van der Waals surface area contributed by atoms with Crippen LogP contribution in [0.2, 0.25) is 0 Å². The van der Waals surface area contributed by atoms with Gasteiger partial charge in [-0.1, -0.05) is 31.0 Å². The van der Waals surface area contributed by atoms with E-state index in [9.17, 15) is 0 Å². The number of hydrogen-bond donors (Lipinski definition) is 2. The highest BCUT2D eigenvalue weighted by molar-refractivity contribution is 14.0. The highest BCUT2D eigenvalue weighted by Gasteiger charge is 2.14. The molecule has 3 nitrogen and oxygen atoms in total. The Morgan fingerprint density at radius 3 is 2.57 bits per heavy atom. The van der Waals surface area contributed by atoms with Crippen molar-refractivity contribution >= 4 is 41.5 Å². The maximum Gasteiger partial charge on any atom is 0.189 e. The summed E-state index contributed by atoms with van der Waals surface area (Å²) in [6.45, 7) is 3.93. The zero-order chi connectivity index (χ0) is 9.68. The fourth-order valence-corrected chi connectivity index (χ4v) is 1.56. The topological polar surface area (TPSA) is 50.4 Å². The van der Waals surface area contributed by atoms with Crippen molar-refractivity contribution in [3.63, 3.8) is 0 Å². The minimum Gasteiger partial charge on any atom is -0.370 e. The summed E-state index contributed by atoms with van der Waals surface area (Å²) in [6, 6.07) is 0.507. The first-order chi connectivity index (χ1) is 6.18. The Morgan fingerprint density at radius 2 is 2.07 bits per heavy atom. The van der Waals surface area contributed by atoms with Crippen molar-refractivity contribution in [2.24, 2.45) is 10.7 Å². The van der Waals surface area contributed by atoms with Gasteiger partial charge in [-0.15, -0.1) is 24.0 Å². The van der Waals surface area contributed by atoms with E-state index in [2.05, 4.69) is 16.9 Å². The molecule has 1 aliphatic carbocycles. The molecule has 0 bridgehead atoms. The van der Waals surface area contributed by atoms with E-state index in [1.165, 1.54) is 25.7 Å². The molecule has 1 fully saturated rings. The average molecular weight is 330 g/mol. The summed E-state index contributed by atoms with van der Waals surface area (Å²) in [5, 5.41) is 3.67. The average Bonchev–Trinajstić information content (AvgIpc) is 2.53. The van der Waals surface area contributed by atoms with E-state index in [0.29, 0.717) is 23.6 Å². The lowest BCUT2D eigenvalue weighted by molar-refractivity contribution is 0.626. The van der Waals surface area contributed by atoms with Gasteiger partial charge in [0.2, 0.25) is 0 Å². The maximum atomic E-state index is 5.64. The van der Waals surface area contributed by atoms with Gasteiger partial charge in [0.1, 0.15) is 0 Å². The van der Waals surface area contributed by atoms with E-state index >= 15 is 0 Å².